The summed E-state index contributed by atoms with van der Waals surface area (Å²) >= 11 is 0. The Balaban J connectivity index is 1.41. The molecule has 0 unspecified atom stereocenters. The molecule has 0 spiro atoms. The first kappa shape index (κ1) is 21.9. The number of carbonyl (C=O) groups excluding carboxylic acids is 2. The number of ether oxygens (including phenoxy) is 2. The molecule has 2 amide bonds. The summed E-state index contributed by atoms with van der Waals surface area (Å²) < 4.78 is 10.4. The van der Waals surface area contributed by atoms with Crippen LogP contribution < -0.4 is 20.1 Å². The van der Waals surface area contributed by atoms with Gasteiger partial charge in [-0.1, -0.05) is 42.5 Å². The second kappa shape index (κ2) is 9.87. The van der Waals surface area contributed by atoms with Gasteiger partial charge in [-0.05, 0) is 34.9 Å². The Hall–Kier alpha value is -4.32. The van der Waals surface area contributed by atoms with Crippen LogP contribution in [0.4, 0.5) is 11.4 Å². The van der Waals surface area contributed by atoms with Crippen molar-refractivity contribution in [2.24, 2.45) is 0 Å². The molecule has 6 nitrogen and oxygen atoms in total. The predicted octanol–water partition coefficient (Wildman–Crippen LogP) is 4.93. The highest BCUT2D eigenvalue weighted by Crippen LogP contribution is 2.27. The third-order valence-corrected chi connectivity index (χ3v) is 5.26. The molecule has 0 bridgehead atoms. The van der Waals surface area contributed by atoms with Crippen LogP contribution in [-0.4, -0.2) is 26.0 Å². The van der Waals surface area contributed by atoms with E-state index in [1.807, 2.05) is 54.6 Å². The lowest BCUT2D eigenvalue weighted by molar-refractivity contribution is -0.113. The molecule has 0 aromatic heterocycles. The van der Waals surface area contributed by atoms with E-state index in [0.717, 1.165) is 22.4 Å². The van der Waals surface area contributed by atoms with Crippen molar-refractivity contribution >= 4 is 35.3 Å². The number of carbonyl (C=O) groups is 2. The Bertz CT molecular complexity index is 1220. The number of amides is 2. The van der Waals surface area contributed by atoms with Crippen molar-refractivity contribution in [3.8, 4) is 11.5 Å². The van der Waals surface area contributed by atoms with Crippen molar-refractivity contribution in [2.75, 3.05) is 24.9 Å². The van der Waals surface area contributed by atoms with E-state index in [9.17, 15) is 9.59 Å². The number of anilines is 2. The normalized spacial score (nSPS) is 14.0. The minimum absolute atomic E-state index is 0.0801. The average Bonchev–Trinajstić information content (AvgIpc) is 2.83. The zero-order chi connectivity index (χ0) is 23.2. The van der Waals surface area contributed by atoms with Crippen LogP contribution in [0.2, 0.25) is 0 Å². The van der Waals surface area contributed by atoms with Gasteiger partial charge < -0.3 is 20.1 Å². The molecule has 0 radical (unpaired) electrons. The lowest BCUT2D eigenvalue weighted by Gasteiger charge is -2.19. The maximum atomic E-state index is 12.4. The van der Waals surface area contributed by atoms with Crippen molar-refractivity contribution < 1.29 is 19.1 Å². The van der Waals surface area contributed by atoms with Gasteiger partial charge in [-0.2, -0.15) is 0 Å². The van der Waals surface area contributed by atoms with Crippen LogP contribution in [0.5, 0.6) is 11.5 Å². The fourth-order valence-corrected chi connectivity index (χ4v) is 3.54. The molecular weight excluding hydrogens is 416 g/mol. The van der Waals surface area contributed by atoms with Crippen LogP contribution in [-0.2, 0) is 16.0 Å². The highest BCUT2D eigenvalue weighted by Gasteiger charge is 2.19. The highest BCUT2D eigenvalue weighted by atomic mass is 16.5. The Kier molecular flexibility index (Phi) is 6.55. The Morgan fingerprint density at radius 2 is 1.61 bits per heavy atom. The SMILES string of the molecule is COc1cc(NC(=O)/C=C/c2ccc(C=C3Cc4ccccc4NC3=O)cc2)cc(OC)c1. The Morgan fingerprint density at radius 3 is 2.30 bits per heavy atom. The number of nitrogens with one attached hydrogen (secondary N) is 2. The van der Waals surface area contributed by atoms with Gasteiger partial charge in [0.25, 0.3) is 5.91 Å². The summed E-state index contributed by atoms with van der Waals surface area (Å²) in [5.41, 5.74) is 5.05. The fourth-order valence-electron chi connectivity index (χ4n) is 3.54. The van der Waals surface area contributed by atoms with E-state index >= 15 is 0 Å². The molecule has 0 saturated carbocycles. The topological polar surface area (TPSA) is 76.7 Å². The molecule has 1 aliphatic rings. The highest BCUT2D eigenvalue weighted by molar-refractivity contribution is 6.09. The second-order valence-corrected chi connectivity index (χ2v) is 7.55. The molecule has 6 heteroatoms. The summed E-state index contributed by atoms with van der Waals surface area (Å²) in [6.07, 6.45) is 5.68. The second-order valence-electron chi connectivity index (χ2n) is 7.55. The van der Waals surface area contributed by atoms with Crippen LogP contribution in [0.1, 0.15) is 16.7 Å². The third kappa shape index (κ3) is 5.49. The lowest BCUT2D eigenvalue weighted by atomic mass is 9.96. The smallest absolute Gasteiger partial charge is 0.251 e. The largest absolute Gasteiger partial charge is 0.497 e. The number of fused-ring (bicyclic) bond motifs is 1. The molecule has 1 aliphatic heterocycles. The number of rotatable bonds is 6. The van der Waals surface area contributed by atoms with Crippen LogP contribution in [0, 0.1) is 0 Å². The first-order chi connectivity index (χ1) is 16.0. The molecule has 0 fully saturated rings. The maximum Gasteiger partial charge on any atom is 0.251 e. The summed E-state index contributed by atoms with van der Waals surface area (Å²) in [6, 6.07) is 20.6. The zero-order valence-electron chi connectivity index (χ0n) is 18.4. The number of para-hydroxylation sites is 1. The summed E-state index contributed by atoms with van der Waals surface area (Å²) in [5, 5.41) is 5.73. The molecule has 3 aromatic rings. The molecule has 1 heterocycles. The Morgan fingerprint density at radius 1 is 0.939 bits per heavy atom. The van der Waals surface area contributed by atoms with Gasteiger partial charge in [0.2, 0.25) is 5.91 Å². The van der Waals surface area contributed by atoms with Crippen molar-refractivity contribution in [2.45, 2.75) is 6.42 Å². The standard InChI is InChI=1S/C27H24N2O4/c1-32-23-15-22(16-24(17-23)33-2)28-26(30)12-11-18-7-9-19(10-8-18)13-21-14-20-5-3-4-6-25(20)29-27(21)31/h3-13,15-17H,14H2,1-2H3,(H,28,30)(H,29,31)/b12-11+,21-13?. The number of methoxy groups -OCH3 is 2. The van der Waals surface area contributed by atoms with E-state index in [4.69, 9.17) is 9.47 Å². The summed E-state index contributed by atoms with van der Waals surface area (Å²) in [4.78, 5) is 24.7. The quantitative estimate of drug-likeness (QED) is 0.533. The van der Waals surface area contributed by atoms with Gasteiger partial charge in [0.05, 0.1) is 14.2 Å². The van der Waals surface area contributed by atoms with E-state index in [2.05, 4.69) is 10.6 Å². The minimum atomic E-state index is -0.269. The molecule has 0 saturated heterocycles. The predicted molar refractivity (Wildman–Crippen MR) is 130 cm³/mol. The fraction of sp³-hybridized carbons (Fsp3) is 0.111. The van der Waals surface area contributed by atoms with Crippen molar-refractivity contribution in [1.82, 2.24) is 0 Å². The van der Waals surface area contributed by atoms with Crippen LogP contribution in [0.25, 0.3) is 12.2 Å². The van der Waals surface area contributed by atoms with Gasteiger partial charge in [0, 0.05) is 47.6 Å². The van der Waals surface area contributed by atoms with Crippen molar-refractivity contribution in [3.63, 3.8) is 0 Å². The number of hydrogen-bond acceptors (Lipinski definition) is 4. The lowest BCUT2D eigenvalue weighted by Crippen LogP contribution is -2.21. The Labute approximate surface area is 192 Å². The van der Waals surface area contributed by atoms with Crippen molar-refractivity contribution in [3.05, 3.63) is 95.1 Å². The van der Waals surface area contributed by atoms with E-state index in [1.54, 1.807) is 38.5 Å². The van der Waals surface area contributed by atoms with Gasteiger partial charge in [0.1, 0.15) is 11.5 Å². The van der Waals surface area contributed by atoms with Gasteiger partial charge in [0.15, 0.2) is 0 Å². The van der Waals surface area contributed by atoms with E-state index in [-0.39, 0.29) is 11.8 Å². The van der Waals surface area contributed by atoms with Crippen LogP contribution in [0.15, 0.2) is 78.4 Å². The molecule has 0 aliphatic carbocycles. The first-order valence-electron chi connectivity index (χ1n) is 10.5. The van der Waals surface area contributed by atoms with Crippen LogP contribution in [0.3, 0.4) is 0 Å². The van der Waals surface area contributed by atoms with E-state index < -0.39 is 0 Å². The van der Waals surface area contributed by atoms with Crippen molar-refractivity contribution in [1.29, 1.82) is 0 Å². The monoisotopic (exact) mass is 440 g/mol. The average molecular weight is 440 g/mol. The zero-order valence-corrected chi connectivity index (χ0v) is 18.4. The van der Waals surface area contributed by atoms with E-state index in [1.165, 1.54) is 6.08 Å². The van der Waals surface area contributed by atoms with Gasteiger partial charge in [-0.15, -0.1) is 0 Å². The summed E-state index contributed by atoms with van der Waals surface area (Å²) in [7, 11) is 3.11. The van der Waals surface area contributed by atoms with Gasteiger partial charge >= 0.3 is 0 Å². The van der Waals surface area contributed by atoms with Gasteiger partial charge in [-0.3, -0.25) is 9.59 Å². The molecule has 166 valence electrons. The maximum absolute atomic E-state index is 12.4. The number of benzene rings is 3. The van der Waals surface area contributed by atoms with E-state index in [0.29, 0.717) is 29.2 Å². The molecule has 33 heavy (non-hydrogen) atoms. The van der Waals surface area contributed by atoms with Gasteiger partial charge in [-0.25, -0.2) is 0 Å². The summed E-state index contributed by atoms with van der Waals surface area (Å²) in [5.74, 6) is 0.833. The molecule has 4 rings (SSSR count). The minimum Gasteiger partial charge on any atom is -0.497 e. The summed E-state index contributed by atoms with van der Waals surface area (Å²) in [6.45, 7) is 0. The van der Waals surface area contributed by atoms with Crippen LogP contribution >= 0.6 is 0 Å². The molecule has 0 atom stereocenters. The molecular formula is C27H24N2O4. The molecule has 2 N–H and O–H groups in total. The third-order valence-electron chi connectivity index (χ3n) is 5.26. The first-order valence-corrected chi connectivity index (χ1v) is 10.5. The molecule has 3 aromatic carbocycles. The number of hydrogen-bond donors (Lipinski definition) is 2.